The minimum Gasteiger partial charge on any atom is -0.0881 e. The van der Waals surface area contributed by atoms with Crippen molar-refractivity contribution < 1.29 is 0 Å². The molecule has 0 aliphatic heterocycles. The largest absolute Gasteiger partial charge is 0.0881 e. The van der Waals surface area contributed by atoms with Crippen LogP contribution in [0.15, 0.2) is 42.5 Å². The van der Waals surface area contributed by atoms with Gasteiger partial charge in [0.2, 0.25) is 0 Å². The third-order valence-corrected chi connectivity index (χ3v) is 5.26. The Balaban J connectivity index is 2.36. The molecule has 0 aliphatic carbocycles. The molecule has 2 atom stereocenters. The van der Waals surface area contributed by atoms with Crippen molar-refractivity contribution in [2.45, 2.75) is 31.5 Å². The maximum absolute atomic E-state index is 3.81. The average Bonchev–Trinajstić information content (AvgIpc) is 2.36. The molecule has 2 rings (SSSR count). The molecule has 17 heavy (non-hydrogen) atoms. The molecule has 0 aliphatic rings. The van der Waals surface area contributed by atoms with E-state index in [1.807, 2.05) is 0 Å². The summed E-state index contributed by atoms with van der Waals surface area (Å²) >= 11 is 3.81. The fraction of sp³-hybridized carbons (Fsp3) is 0.375. The van der Waals surface area contributed by atoms with Crippen molar-refractivity contribution in [1.82, 2.24) is 0 Å². The Morgan fingerprint density at radius 1 is 0.882 bits per heavy atom. The minimum atomic E-state index is 0.531. The number of fused-ring (bicyclic) bond motifs is 1. The van der Waals surface area contributed by atoms with Gasteiger partial charge in [-0.05, 0) is 28.2 Å². The van der Waals surface area contributed by atoms with Crippen LogP contribution in [-0.4, -0.2) is 4.83 Å². The number of hydrogen-bond donors (Lipinski definition) is 0. The summed E-state index contributed by atoms with van der Waals surface area (Å²) in [5.74, 6) is 1.19. The van der Waals surface area contributed by atoms with Gasteiger partial charge in [-0.15, -0.1) is 0 Å². The standard InChI is InChI=1S/C16H19Br/c1-11(2)16(17)12(3)14-9-8-13-6-4-5-7-15(13)10-14/h4-12,16H,1-3H3. The molecule has 90 valence electrons. The zero-order valence-corrected chi connectivity index (χ0v) is 12.2. The normalized spacial score (nSPS) is 15.1. The van der Waals surface area contributed by atoms with Gasteiger partial charge in [0.05, 0.1) is 0 Å². The van der Waals surface area contributed by atoms with E-state index in [-0.39, 0.29) is 0 Å². The van der Waals surface area contributed by atoms with Crippen LogP contribution in [0.5, 0.6) is 0 Å². The summed E-state index contributed by atoms with van der Waals surface area (Å²) < 4.78 is 0. The molecule has 0 amide bonds. The second-order valence-electron chi connectivity index (χ2n) is 5.08. The Hall–Kier alpha value is -0.820. The highest BCUT2D eigenvalue weighted by molar-refractivity contribution is 9.09. The van der Waals surface area contributed by atoms with E-state index in [9.17, 15) is 0 Å². The maximum atomic E-state index is 3.81. The summed E-state index contributed by atoms with van der Waals surface area (Å²) in [6.45, 7) is 6.82. The van der Waals surface area contributed by atoms with E-state index in [2.05, 4.69) is 79.2 Å². The Labute approximate surface area is 112 Å². The van der Waals surface area contributed by atoms with Crippen molar-refractivity contribution in [2.75, 3.05) is 0 Å². The van der Waals surface area contributed by atoms with Crippen molar-refractivity contribution in [3.8, 4) is 0 Å². The second kappa shape index (κ2) is 5.22. The molecule has 0 nitrogen and oxygen atoms in total. The van der Waals surface area contributed by atoms with Gasteiger partial charge in [-0.2, -0.15) is 0 Å². The van der Waals surface area contributed by atoms with Gasteiger partial charge in [-0.25, -0.2) is 0 Å². The lowest BCUT2D eigenvalue weighted by atomic mass is 9.90. The highest BCUT2D eigenvalue weighted by Crippen LogP contribution is 2.31. The van der Waals surface area contributed by atoms with Gasteiger partial charge < -0.3 is 0 Å². The van der Waals surface area contributed by atoms with E-state index in [0.29, 0.717) is 16.7 Å². The van der Waals surface area contributed by atoms with Crippen molar-refractivity contribution in [1.29, 1.82) is 0 Å². The van der Waals surface area contributed by atoms with E-state index in [1.165, 1.54) is 16.3 Å². The third kappa shape index (κ3) is 2.71. The van der Waals surface area contributed by atoms with Crippen LogP contribution in [0.25, 0.3) is 10.8 Å². The summed E-state index contributed by atoms with van der Waals surface area (Å²) in [7, 11) is 0. The van der Waals surface area contributed by atoms with Gasteiger partial charge in [0.25, 0.3) is 0 Å². The molecule has 0 fully saturated rings. The molecule has 0 aromatic heterocycles. The molecule has 0 spiro atoms. The number of rotatable bonds is 3. The molecule has 0 saturated heterocycles. The van der Waals surface area contributed by atoms with Gasteiger partial charge in [-0.3, -0.25) is 0 Å². The topological polar surface area (TPSA) is 0 Å². The van der Waals surface area contributed by atoms with Crippen molar-refractivity contribution in [2.24, 2.45) is 5.92 Å². The van der Waals surface area contributed by atoms with Gasteiger partial charge >= 0.3 is 0 Å². The molecule has 0 saturated carbocycles. The lowest BCUT2D eigenvalue weighted by Gasteiger charge is -2.22. The number of alkyl halides is 1. The molecule has 2 unspecified atom stereocenters. The van der Waals surface area contributed by atoms with Crippen LogP contribution in [0.3, 0.4) is 0 Å². The van der Waals surface area contributed by atoms with E-state index < -0.39 is 0 Å². The van der Waals surface area contributed by atoms with E-state index >= 15 is 0 Å². The summed E-state index contributed by atoms with van der Waals surface area (Å²) in [6, 6.07) is 15.3. The minimum absolute atomic E-state index is 0.531. The van der Waals surface area contributed by atoms with Crippen LogP contribution < -0.4 is 0 Å². The predicted octanol–water partition coefficient (Wildman–Crippen LogP) is 5.36. The lowest BCUT2D eigenvalue weighted by molar-refractivity contribution is 0.550. The van der Waals surface area contributed by atoms with Crippen LogP contribution in [0.2, 0.25) is 0 Å². The van der Waals surface area contributed by atoms with Gasteiger partial charge in [0, 0.05) is 4.83 Å². The first-order valence-electron chi connectivity index (χ1n) is 6.22. The Kier molecular flexibility index (Phi) is 3.88. The summed E-state index contributed by atoms with van der Waals surface area (Å²) in [5, 5.41) is 2.65. The molecule has 0 bridgehead atoms. The molecule has 2 aromatic carbocycles. The van der Waals surface area contributed by atoms with Gasteiger partial charge in [0.1, 0.15) is 0 Å². The average molecular weight is 291 g/mol. The first-order chi connectivity index (χ1) is 8.09. The number of hydrogen-bond acceptors (Lipinski definition) is 0. The van der Waals surface area contributed by atoms with Gasteiger partial charge in [0.15, 0.2) is 0 Å². The highest BCUT2D eigenvalue weighted by atomic mass is 79.9. The summed E-state index contributed by atoms with van der Waals surface area (Å²) in [6.07, 6.45) is 0. The van der Waals surface area contributed by atoms with Crippen LogP contribution >= 0.6 is 15.9 Å². The van der Waals surface area contributed by atoms with Crippen molar-refractivity contribution in [3.63, 3.8) is 0 Å². The van der Waals surface area contributed by atoms with Crippen LogP contribution in [0.4, 0.5) is 0 Å². The fourth-order valence-corrected chi connectivity index (χ4v) is 2.56. The van der Waals surface area contributed by atoms with Crippen molar-refractivity contribution >= 4 is 26.7 Å². The predicted molar refractivity (Wildman–Crippen MR) is 79.9 cm³/mol. The highest BCUT2D eigenvalue weighted by Gasteiger charge is 2.19. The third-order valence-electron chi connectivity index (χ3n) is 3.41. The van der Waals surface area contributed by atoms with E-state index in [1.54, 1.807) is 0 Å². The SMILES string of the molecule is CC(C)C(Br)C(C)c1ccc2ccccc2c1. The van der Waals surface area contributed by atoms with E-state index in [4.69, 9.17) is 0 Å². The quantitative estimate of drug-likeness (QED) is 0.667. The Morgan fingerprint density at radius 2 is 1.53 bits per heavy atom. The second-order valence-corrected chi connectivity index (χ2v) is 6.14. The maximum Gasteiger partial charge on any atom is 0.0234 e. The van der Waals surface area contributed by atoms with Crippen molar-refractivity contribution in [3.05, 3.63) is 48.0 Å². The molecule has 0 radical (unpaired) electrons. The number of halogens is 1. The summed E-state index contributed by atoms with van der Waals surface area (Å²) in [5.41, 5.74) is 1.42. The zero-order valence-electron chi connectivity index (χ0n) is 10.7. The molecule has 0 heterocycles. The first-order valence-corrected chi connectivity index (χ1v) is 7.14. The molecular weight excluding hydrogens is 272 g/mol. The zero-order chi connectivity index (χ0) is 12.4. The molecular formula is C16H19Br. The van der Waals surface area contributed by atoms with Crippen LogP contribution in [0, 0.1) is 5.92 Å². The molecule has 1 heteroatoms. The fourth-order valence-electron chi connectivity index (χ4n) is 2.25. The molecule has 2 aromatic rings. The Morgan fingerprint density at radius 3 is 2.18 bits per heavy atom. The number of benzene rings is 2. The first kappa shape index (κ1) is 12.6. The Bertz CT molecular complexity index is 502. The summed E-state index contributed by atoms with van der Waals surface area (Å²) in [4.78, 5) is 0.531. The monoisotopic (exact) mass is 290 g/mol. The molecule has 0 N–H and O–H groups in total. The van der Waals surface area contributed by atoms with Crippen LogP contribution in [-0.2, 0) is 0 Å². The van der Waals surface area contributed by atoms with E-state index in [0.717, 1.165) is 0 Å². The lowest BCUT2D eigenvalue weighted by Crippen LogP contribution is -2.15. The van der Waals surface area contributed by atoms with Gasteiger partial charge in [-0.1, -0.05) is 79.2 Å². The van der Waals surface area contributed by atoms with Crippen LogP contribution in [0.1, 0.15) is 32.3 Å². The smallest absolute Gasteiger partial charge is 0.0234 e.